The van der Waals surface area contributed by atoms with E-state index in [1.807, 2.05) is 0 Å². The second kappa shape index (κ2) is 6.41. The summed E-state index contributed by atoms with van der Waals surface area (Å²) in [5, 5.41) is 11.3. The monoisotopic (exact) mass is 482 g/mol. The zero-order valence-corrected chi connectivity index (χ0v) is 18.8. The van der Waals surface area contributed by atoms with E-state index in [0.29, 0.717) is 4.47 Å². The zero-order chi connectivity index (χ0) is 22.2. The van der Waals surface area contributed by atoms with Crippen molar-refractivity contribution in [1.29, 1.82) is 0 Å². The molecule has 1 N–H and O–H groups in total. The van der Waals surface area contributed by atoms with Crippen molar-refractivity contribution in [3.05, 3.63) is 28.2 Å². The normalized spacial score (nSPS) is 29.7. The molecule has 0 aliphatic carbocycles. The highest BCUT2D eigenvalue weighted by atomic mass is 79.9. The third-order valence-electron chi connectivity index (χ3n) is 5.45. The Morgan fingerprint density at radius 2 is 1.97 bits per heavy atom. The molecule has 0 unspecified atom stereocenters. The van der Waals surface area contributed by atoms with Gasteiger partial charge < -0.3 is 19.3 Å². The topological polar surface area (TPSA) is 106 Å². The van der Waals surface area contributed by atoms with Crippen LogP contribution in [0.25, 0.3) is 0 Å². The smallest absolute Gasteiger partial charge is 0.421 e. The first kappa shape index (κ1) is 21.1. The number of amides is 3. The molecule has 1 aromatic carbocycles. The van der Waals surface area contributed by atoms with Gasteiger partial charge in [0.1, 0.15) is 17.4 Å². The van der Waals surface area contributed by atoms with Crippen molar-refractivity contribution in [2.75, 3.05) is 11.5 Å². The summed E-state index contributed by atoms with van der Waals surface area (Å²) in [4.78, 5) is 41.6. The molecule has 1 aromatic rings. The number of carbonyl (C=O) groups is 3. The Morgan fingerprint density at radius 1 is 1.30 bits per heavy atom. The van der Waals surface area contributed by atoms with E-state index in [2.05, 4.69) is 15.9 Å². The maximum absolute atomic E-state index is 13.6. The van der Waals surface area contributed by atoms with E-state index in [0.717, 1.165) is 4.90 Å². The molecule has 0 saturated carbocycles. The van der Waals surface area contributed by atoms with Crippen LogP contribution < -0.4 is 4.90 Å². The first-order valence-electron chi connectivity index (χ1n) is 9.52. The fraction of sp³-hybridized carbons (Fsp3) is 0.550. The molecule has 3 aliphatic heterocycles. The summed E-state index contributed by atoms with van der Waals surface area (Å²) in [5.41, 5.74) is -3.57. The summed E-state index contributed by atoms with van der Waals surface area (Å²) in [6.07, 6.45) is -3.20. The Hall–Kier alpha value is -2.17. The number of rotatable bonds is 0. The molecule has 1 spiro atoms. The number of benzene rings is 1. The number of nitrogens with zero attached hydrogens (tertiary/aromatic N) is 2. The number of hydrogen-bond donors (Lipinski definition) is 1. The molecule has 3 aliphatic rings. The molecule has 0 aromatic heterocycles. The summed E-state index contributed by atoms with van der Waals surface area (Å²) < 4.78 is 17.1. The molecular weight excluding hydrogens is 460 g/mol. The molecule has 0 radical (unpaired) electrons. The minimum atomic E-state index is -2.09. The average molecular weight is 483 g/mol. The van der Waals surface area contributed by atoms with Crippen LogP contribution in [0.3, 0.4) is 0 Å². The van der Waals surface area contributed by atoms with Crippen LogP contribution in [0, 0.1) is 0 Å². The number of imide groups is 1. The first-order chi connectivity index (χ1) is 13.8. The Balaban J connectivity index is 1.86. The number of aliphatic hydroxyl groups is 1. The van der Waals surface area contributed by atoms with Crippen LogP contribution in [0.1, 0.15) is 40.2 Å². The highest BCUT2D eigenvalue weighted by Gasteiger charge is 2.69. The van der Waals surface area contributed by atoms with Gasteiger partial charge in [0.25, 0.3) is 5.91 Å². The maximum Gasteiger partial charge on any atom is 0.421 e. The molecule has 3 atom stereocenters. The molecule has 0 bridgehead atoms. The summed E-state index contributed by atoms with van der Waals surface area (Å²) in [7, 11) is 0. The van der Waals surface area contributed by atoms with Gasteiger partial charge in [0.15, 0.2) is 0 Å². The number of hydrogen-bond acceptors (Lipinski definition) is 7. The average Bonchev–Trinajstić information content (AvgIpc) is 3.06. The van der Waals surface area contributed by atoms with Gasteiger partial charge in [-0.15, -0.1) is 0 Å². The van der Waals surface area contributed by atoms with Crippen molar-refractivity contribution in [1.82, 2.24) is 4.90 Å². The third kappa shape index (κ3) is 2.77. The van der Waals surface area contributed by atoms with Crippen LogP contribution in [0.4, 0.5) is 15.3 Å². The zero-order valence-electron chi connectivity index (χ0n) is 17.3. The number of ether oxygens (including phenoxy) is 3. The summed E-state index contributed by atoms with van der Waals surface area (Å²) in [6, 6.07) is 4.01. The molecule has 2 fully saturated rings. The van der Waals surface area contributed by atoms with E-state index < -0.39 is 47.2 Å². The van der Waals surface area contributed by atoms with E-state index in [1.54, 1.807) is 52.8 Å². The van der Waals surface area contributed by atoms with Gasteiger partial charge in [0.2, 0.25) is 5.60 Å². The van der Waals surface area contributed by atoms with Crippen molar-refractivity contribution in [2.24, 2.45) is 0 Å². The number of aliphatic hydroxyl groups excluding tert-OH is 1. The molecule has 2 saturated heterocycles. The van der Waals surface area contributed by atoms with Gasteiger partial charge in [-0.3, -0.25) is 9.69 Å². The number of fused-ring (bicyclic) bond motifs is 3. The van der Waals surface area contributed by atoms with Gasteiger partial charge in [-0.25, -0.2) is 14.5 Å². The predicted octanol–water partition coefficient (Wildman–Crippen LogP) is 2.87. The van der Waals surface area contributed by atoms with Crippen molar-refractivity contribution < 1.29 is 33.7 Å². The summed E-state index contributed by atoms with van der Waals surface area (Å²) >= 11 is 3.36. The Morgan fingerprint density at radius 3 is 2.60 bits per heavy atom. The lowest BCUT2D eigenvalue weighted by molar-refractivity contribution is -0.176. The minimum absolute atomic E-state index is 0.0219. The van der Waals surface area contributed by atoms with Crippen molar-refractivity contribution in [2.45, 2.75) is 63.7 Å². The lowest BCUT2D eigenvalue weighted by atomic mass is 9.83. The summed E-state index contributed by atoms with van der Waals surface area (Å²) in [6.45, 7) is 8.39. The number of anilines is 1. The highest BCUT2D eigenvalue weighted by molar-refractivity contribution is 9.10. The second-order valence-corrected chi connectivity index (χ2v) is 9.85. The van der Waals surface area contributed by atoms with Gasteiger partial charge in [-0.05, 0) is 56.6 Å². The molecule has 3 heterocycles. The van der Waals surface area contributed by atoms with Gasteiger partial charge in [0.05, 0.1) is 18.3 Å². The van der Waals surface area contributed by atoms with Crippen LogP contribution in [0.15, 0.2) is 22.7 Å². The minimum Gasteiger partial charge on any atom is -0.443 e. The third-order valence-corrected chi connectivity index (χ3v) is 6.09. The fourth-order valence-corrected chi connectivity index (χ4v) is 4.77. The van der Waals surface area contributed by atoms with Crippen molar-refractivity contribution >= 4 is 39.7 Å². The molecule has 9 nitrogen and oxygen atoms in total. The number of halogens is 1. The predicted molar refractivity (Wildman–Crippen MR) is 108 cm³/mol. The van der Waals surface area contributed by atoms with E-state index in [9.17, 15) is 19.5 Å². The second-order valence-electron chi connectivity index (χ2n) is 9.00. The molecular formula is C20H23BrN2O7. The molecule has 162 valence electrons. The van der Waals surface area contributed by atoms with E-state index in [-0.39, 0.29) is 17.9 Å². The van der Waals surface area contributed by atoms with Crippen LogP contribution in [0.5, 0.6) is 0 Å². The first-order valence-corrected chi connectivity index (χ1v) is 10.3. The SMILES string of the molecule is CC(C)(C)OC(=O)N1C(=O)[C@]2(OC(=O)N3[C@H](COC3(C)C)[C@H]2O)c2cccc(Br)c21. The van der Waals surface area contributed by atoms with Gasteiger partial charge in [-0.2, -0.15) is 0 Å². The van der Waals surface area contributed by atoms with E-state index >= 15 is 0 Å². The van der Waals surface area contributed by atoms with Crippen LogP contribution in [-0.2, 0) is 24.6 Å². The van der Waals surface area contributed by atoms with E-state index in [4.69, 9.17) is 14.2 Å². The quantitative estimate of drug-likeness (QED) is 0.605. The summed E-state index contributed by atoms with van der Waals surface area (Å²) in [5.74, 6) is -0.885. The molecule has 3 amide bonds. The van der Waals surface area contributed by atoms with Crippen molar-refractivity contribution in [3.63, 3.8) is 0 Å². The standard InChI is InChI=1S/C20H23BrN2O7/c1-18(2,3)29-16(26)22-13-10(7-6-8-11(13)21)20(15(22)25)14(24)12-9-28-19(4,5)23(12)17(27)30-20/h6-8,12,14,24H,9H2,1-5H3/t12-,14-,20+/m1/s1. The van der Waals surface area contributed by atoms with Crippen LogP contribution >= 0.6 is 15.9 Å². The Kier molecular flexibility index (Phi) is 4.51. The number of carbonyl (C=O) groups excluding carboxylic acids is 3. The molecule has 10 heteroatoms. The Bertz CT molecular complexity index is 957. The lowest BCUT2D eigenvalue weighted by Crippen LogP contribution is -2.67. The molecule has 4 rings (SSSR count). The van der Waals surface area contributed by atoms with Gasteiger partial charge in [0, 0.05) is 10.0 Å². The highest BCUT2D eigenvalue weighted by Crippen LogP contribution is 2.53. The fourth-order valence-electron chi connectivity index (χ4n) is 4.23. The van der Waals surface area contributed by atoms with Crippen molar-refractivity contribution in [3.8, 4) is 0 Å². The largest absolute Gasteiger partial charge is 0.443 e. The van der Waals surface area contributed by atoms with Gasteiger partial charge >= 0.3 is 12.2 Å². The maximum atomic E-state index is 13.6. The number of para-hydroxylation sites is 1. The Labute approximate surface area is 182 Å². The molecule has 30 heavy (non-hydrogen) atoms. The van der Waals surface area contributed by atoms with Crippen LogP contribution in [-0.4, -0.2) is 58.2 Å². The lowest BCUT2D eigenvalue weighted by Gasteiger charge is -2.46. The van der Waals surface area contributed by atoms with Gasteiger partial charge in [-0.1, -0.05) is 12.1 Å². The van der Waals surface area contributed by atoms with E-state index in [1.165, 1.54) is 4.90 Å². The van der Waals surface area contributed by atoms with Crippen LogP contribution in [0.2, 0.25) is 0 Å².